The Morgan fingerprint density at radius 2 is 1.86 bits per heavy atom. The van der Waals surface area contributed by atoms with E-state index >= 15 is 0 Å². The summed E-state index contributed by atoms with van der Waals surface area (Å²) in [6, 6.07) is 9.68. The molecule has 1 aromatic carbocycles. The van der Waals surface area contributed by atoms with E-state index in [4.69, 9.17) is 5.11 Å². The molecule has 1 fully saturated rings. The highest BCUT2D eigenvalue weighted by Gasteiger charge is 2.44. The van der Waals surface area contributed by atoms with Gasteiger partial charge in [0.1, 0.15) is 0 Å². The largest absolute Gasteiger partial charge is 0.396 e. The zero-order valence-corrected chi connectivity index (χ0v) is 8.19. The van der Waals surface area contributed by atoms with Crippen molar-refractivity contribution in [3.8, 4) is 0 Å². The van der Waals surface area contributed by atoms with Crippen molar-refractivity contribution in [3.05, 3.63) is 35.9 Å². The third kappa shape index (κ3) is 1.68. The Labute approximate surface area is 84.2 Å². The number of aliphatic hydroxyl groups excluding tert-OH is 1. The van der Waals surface area contributed by atoms with Crippen molar-refractivity contribution in [2.75, 3.05) is 6.61 Å². The second kappa shape index (κ2) is 3.71. The molecule has 76 valence electrons. The zero-order valence-electron chi connectivity index (χ0n) is 8.19. The van der Waals surface area contributed by atoms with Gasteiger partial charge in [-0.15, -0.1) is 0 Å². The standard InChI is InChI=1S/C12H16O2/c13-9-8-12(14,11-6-7-11)10-4-2-1-3-5-10/h1-5,11,13-14H,6-9H2. The molecule has 1 saturated carbocycles. The van der Waals surface area contributed by atoms with Crippen LogP contribution in [-0.4, -0.2) is 16.8 Å². The van der Waals surface area contributed by atoms with Crippen molar-refractivity contribution in [1.29, 1.82) is 0 Å². The number of rotatable bonds is 4. The zero-order chi connectivity index (χ0) is 10.0. The lowest BCUT2D eigenvalue weighted by Crippen LogP contribution is -2.29. The van der Waals surface area contributed by atoms with E-state index in [0.717, 1.165) is 18.4 Å². The fourth-order valence-electron chi connectivity index (χ4n) is 2.04. The topological polar surface area (TPSA) is 40.5 Å². The van der Waals surface area contributed by atoms with Gasteiger partial charge in [-0.2, -0.15) is 0 Å². The lowest BCUT2D eigenvalue weighted by atomic mass is 9.86. The van der Waals surface area contributed by atoms with E-state index in [9.17, 15) is 5.11 Å². The van der Waals surface area contributed by atoms with Gasteiger partial charge in [0.15, 0.2) is 0 Å². The van der Waals surface area contributed by atoms with Gasteiger partial charge in [0.25, 0.3) is 0 Å². The molecule has 1 aromatic rings. The van der Waals surface area contributed by atoms with Crippen LogP contribution in [0.25, 0.3) is 0 Å². The summed E-state index contributed by atoms with van der Waals surface area (Å²) in [6.45, 7) is 0.0435. The summed E-state index contributed by atoms with van der Waals surface area (Å²) in [6.07, 6.45) is 2.60. The first-order chi connectivity index (χ1) is 6.77. The van der Waals surface area contributed by atoms with Crippen LogP contribution in [0.5, 0.6) is 0 Å². The van der Waals surface area contributed by atoms with Crippen LogP contribution in [0.1, 0.15) is 24.8 Å². The molecule has 1 aliphatic carbocycles. The molecule has 1 aliphatic rings. The smallest absolute Gasteiger partial charge is 0.0946 e. The highest BCUT2D eigenvalue weighted by atomic mass is 16.3. The Kier molecular flexibility index (Phi) is 2.57. The predicted molar refractivity (Wildman–Crippen MR) is 54.8 cm³/mol. The summed E-state index contributed by atoms with van der Waals surface area (Å²) in [5, 5.41) is 19.4. The van der Waals surface area contributed by atoms with Crippen LogP contribution in [-0.2, 0) is 5.60 Å². The molecule has 0 aliphatic heterocycles. The molecule has 0 bridgehead atoms. The first kappa shape index (κ1) is 9.69. The van der Waals surface area contributed by atoms with Gasteiger partial charge >= 0.3 is 0 Å². The van der Waals surface area contributed by atoms with Crippen molar-refractivity contribution in [1.82, 2.24) is 0 Å². The van der Waals surface area contributed by atoms with Crippen LogP contribution in [0.2, 0.25) is 0 Å². The molecular weight excluding hydrogens is 176 g/mol. The SMILES string of the molecule is OCCC(O)(c1ccccc1)C1CC1. The van der Waals surface area contributed by atoms with Gasteiger partial charge in [-0.1, -0.05) is 30.3 Å². The molecule has 0 amide bonds. The quantitative estimate of drug-likeness (QED) is 0.761. The van der Waals surface area contributed by atoms with Crippen LogP contribution in [0.15, 0.2) is 30.3 Å². The predicted octanol–water partition coefficient (Wildman–Crippen LogP) is 1.67. The second-order valence-electron chi connectivity index (χ2n) is 4.04. The minimum absolute atomic E-state index is 0.0435. The Balaban J connectivity index is 2.26. The van der Waals surface area contributed by atoms with Crippen LogP contribution < -0.4 is 0 Å². The van der Waals surface area contributed by atoms with Gasteiger partial charge in [-0.05, 0) is 24.3 Å². The van der Waals surface area contributed by atoms with E-state index in [-0.39, 0.29) is 6.61 Å². The fraction of sp³-hybridized carbons (Fsp3) is 0.500. The maximum absolute atomic E-state index is 10.5. The van der Waals surface area contributed by atoms with E-state index < -0.39 is 5.60 Å². The van der Waals surface area contributed by atoms with E-state index in [2.05, 4.69) is 0 Å². The molecule has 2 rings (SSSR count). The third-order valence-electron chi connectivity index (χ3n) is 3.02. The summed E-state index contributed by atoms with van der Waals surface area (Å²) in [4.78, 5) is 0. The normalized spacial score (nSPS) is 20.4. The van der Waals surface area contributed by atoms with Crippen LogP contribution in [0.4, 0.5) is 0 Å². The maximum atomic E-state index is 10.5. The summed E-state index contributed by atoms with van der Waals surface area (Å²) in [5.41, 5.74) is 0.146. The van der Waals surface area contributed by atoms with Gasteiger partial charge in [0.2, 0.25) is 0 Å². The monoisotopic (exact) mass is 192 g/mol. The molecule has 2 nitrogen and oxygen atoms in total. The highest BCUT2D eigenvalue weighted by molar-refractivity contribution is 5.24. The molecule has 14 heavy (non-hydrogen) atoms. The third-order valence-corrected chi connectivity index (χ3v) is 3.02. The van der Waals surface area contributed by atoms with Gasteiger partial charge in [-0.25, -0.2) is 0 Å². The summed E-state index contributed by atoms with van der Waals surface area (Å²) >= 11 is 0. The molecule has 0 radical (unpaired) electrons. The van der Waals surface area contributed by atoms with Gasteiger partial charge in [-0.3, -0.25) is 0 Å². The Hall–Kier alpha value is -0.860. The molecule has 2 heteroatoms. The molecule has 0 heterocycles. The van der Waals surface area contributed by atoms with Crippen molar-refractivity contribution in [2.45, 2.75) is 24.9 Å². The Morgan fingerprint density at radius 1 is 1.21 bits per heavy atom. The average molecular weight is 192 g/mol. The number of hydrogen-bond donors (Lipinski definition) is 2. The lowest BCUT2D eigenvalue weighted by molar-refractivity contribution is -0.00994. The average Bonchev–Trinajstić information content (AvgIpc) is 3.03. The van der Waals surface area contributed by atoms with Crippen LogP contribution in [0.3, 0.4) is 0 Å². The summed E-state index contributed by atoms with van der Waals surface area (Å²) in [7, 11) is 0. The fourth-order valence-corrected chi connectivity index (χ4v) is 2.04. The van der Waals surface area contributed by atoms with Crippen molar-refractivity contribution < 1.29 is 10.2 Å². The first-order valence-corrected chi connectivity index (χ1v) is 5.16. The van der Waals surface area contributed by atoms with Gasteiger partial charge < -0.3 is 10.2 Å². The van der Waals surface area contributed by atoms with Crippen molar-refractivity contribution in [2.24, 2.45) is 5.92 Å². The van der Waals surface area contributed by atoms with Gasteiger partial charge in [0, 0.05) is 13.0 Å². The summed E-state index contributed by atoms with van der Waals surface area (Å²) in [5.74, 6) is 0.344. The molecule has 1 unspecified atom stereocenters. The maximum Gasteiger partial charge on any atom is 0.0946 e. The Morgan fingerprint density at radius 3 is 2.36 bits per heavy atom. The number of aliphatic hydroxyl groups is 2. The lowest BCUT2D eigenvalue weighted by Gasteiger charge is -2.28. The molecule has 1 atom stereocenters. The van der Waals surface area contributed by atoms with E-state index in [1.807, 2.05) is 30.3 Å². The van der Waals surface area contributed by atoms with Crippen LogP contribution >= 0.6 is 0 Å². The molecule has 0 saturated heterocycles. The van der Waals surface area contributed by atoms with Crippen molar-refractivity contribution >= 4 is 0 Å². The first-order valence-electron chi connectivity index (χ1n) is 5.16. The minimum atomic E-state index is -0.796. The highest BCUT2D eigenvalue weighted by Crippen LogP contribution is 2.47. The second-order valence-corrected chi connectivity index (χ2v) is 4.04. The van der Waals surface area contributed by atoms with Crippen LogP contribution in [0, 0.1) is 5.92 Å². The number of hydrogen-bond acceptors (Lipinski definition) is 2. The van der Waals surface area contributed by atoms with Gasteiger partial charge in [0.05, 0.1) is 5.60 Å². The molecule has 2 N–H and O–H groups in total. The molecular formula is C12H16O2. The molecule has 0 spiro atoms. The van der Waals surface area contributed by atoms with E-state index in [0.29, 0.717) is 12.3 Å². The Bertz CT molecular complexity index is 292. The van der Waals surface area contributed by atoms with E-state index in [1.165, 1.54) is 0 Å². The van der Waals surface area contributed by atoms with Crippen molar-refractivity contribution in [3.63, 3.8) is 0 Å². The minimum Gasteiger partial charge on any atom is -0.396 e. The van der Waals surface area contributed by atoms with E-state index in [1.54, 1.807) is 0 Å². The number of benzene rings is 1. The summed E-state index contributed by atoms with van der Waals surface area (Å²) < 4.78 is 0. The molecule has 0 aromatic heterocycles.